The summed E-state index contributed by atoms with van der Waals surface area (Å²) in [7, 11) is 0. The van der Waals surface area contributed by atoms with Crippen LogP contribution in [0, 0.1) is 0 Å². The summed E-state index contributed by atoms with van der Waals surface area (Å²) in [5, 5.41) is 0. The van der Waals surface area contributed by atoms with Gasteiger partial charge in [0.05, 0.1) is 15.6 Å². The maximum Gasteiger partial charge on any atom is 0.151 e. The van der Waals surface area contributed by atoms with Crippen molar-refractivity contribution in [3.05, 3.63) is 83.9 Å². The monoisotopic (exact) mass is 488 g/mol. The van der Waals surface area contributed by atoms with Crippen molar-refractivity contribution in [2.24, 2.45) is 5.73 Å². The van der Waals surface area contributed by atoms with Crippen LogP contribution < -0.4 is 5.73 Å². The van der Waals surface area contributed by atoms with E-state index >= 15 is 0 Å². The Balaban J connectivity index is 0.000000636. The molecule has 1 heterocycles. The number of benzene rings is 3. The minimum Gasteiger partial charge on any atom is -0.330 e. The Kier molecular flexibility index (Phi) is 8.54. The van der Waals surface area contributed by atoms with E-state index in [4.69, 9.17) is 10.7 Å². The maximum atomic E-state index is 12.4. The van der Waals surface area contributed by atoms with Gasteiger partial charge in [0.2, 0.25) is 0 Å². The molecule has 1 aliphatic rings. The van der Waals surface area contributed by atoms with Crippen molar-refractivity contribution in [1.82, 2.24) is 4.98 Å². The number of carbonyl (C=O) groups is 1. The summed E-state index contributed by atoms with van der Waals surface area (Å²) in [6, 6.07) is 25.1. The largest absolute Gasteiger partial charge is 0.330 e. The zero-order valence-electron chi connectivity index (χ0n) is 19.7. The van der Waals surface area contributed by atoms with Gasteiger partial charge in [-0.15, -0.1) is 11.3 Å². The standard InChI is InChI=1S/C26H23NOS2.C3H9N/c28-18-26(21-12-4-2-10-19(21)20-11-3-5-13-22(20)26)16-8-1-9-17-29-25-27-23-14-6-7-15-24(23)30-25;1-2-3-4/h2-7,10-15,18H,1,8-9,16-17H2;2-4H2,1H3. The number of fused-ring (bicyclic) bond motifs is 4. The van der Waals surface area contributed by atoms with E-state index in [1.165, 1.54) is 33.2 Å². The number of unbranched alkanes of at least 4 members (excludes halogenated alkanes) is 2. The lowest BCUT2D eigenvalue weighted by Gasteiger charge is -2.25. The Labute approximate surface area is 210 Å². The van der Waals surface area contributed by atoms with E-state index in [-0.39, 0.29) is 0 Å². The molecule has 0 aliphatic heterocycles. The molecule has 0 saturated heterocycles. The predicted molar refractivity (Wildman–Crippen MR) is 147 cm³/mol. The fourth-order valence-electron chi connectivity index (χ4n) is 4.57. The second-order valence-electron chi connectivity index (χ2n) is 8.58. The Bertz CT molecular complexity index is 1150. The van der Waals surface area contributed by atoms with Crippen LogP contribution in [0.4, 0.5) is 0 Å². The first-order valence-corrected chi connectivity index (χ1v) is 13.9. The quantitative estimate of drug-likeness (QED) is 0.151. The van der Waals surface area contributed by atoms with Crippen LogP contribution in [-0.4, -0.2) is 23.6 Å². The number of nitrogens with zero attached hydrogens (tertiary/aromatic N) is 1. The normalized spacial score (nSPS) is 13.1. The predicted octanol–water partition coefficient (Wildman–Crippen LogP) is 7.47. The minimum atomic E-state index is -0.493. The van der Waals surface area contributed by atoms with Crippen molar-refractivity contribution in [3.8, 4) is 11.1 Å². The Hall–Kier alpha value is -2.47. The van der Waals surface area contributed by atoms with Crippen molar-refractivity contribution >= 4 is 39.6 Å². The highest BCUT2D eigenvalue weighted by Crippen LogP contribution is 2.50. The number of hydrogen-bond donors (Lipinski definition) is 1. The number of rotatable bonds is 9. The highest BCUT2D eigenvalue weighted by molar-refractivity contribution is 8.01. The first-order valence-electron chi connectivity index (χ1n) is 12.1. The molecular weight excluding hydrogens is 456 g/mol. The summed E-state index contributed by atoms with van der Waals surface area (Å²) in [6.45, 7) is 2.88. The summed E-state index contributed by atoms with van der Waals surface area (Å²) >= 11 is 3.62. The molecule has 0 spiro atoms. The van der Waals surface area contributed by atoms with Crippen molar-refractivity contribution in [1.29, 1.82) is 0 Å². The van der Waals surface area contributed by atoms with Gasteiger partial charge in [-0.05, 0) is 60.2 Å². The number of hydrogen-bond acceptors (Lipinski definition) is 5. The molecule has 5 heteroatoms. The molecule has 1 aromatic heterocycles. The summed E-state index contributed by atoms with van der Waals surface area (Å²) in [5.41, 5.74) is 10.4. The lowest BCUT2D eigenvalue weighted by molar-refractivity contribution is -0.111. The Morgan fingerprint density at radius 3 is 2.15 bits per heavy atom. The number of aldehydes is 1. The fraction of sp³-hybridized carbons (Fsp3) is 0.310. The van der Waals surface area contributed by atoms with Gasteiger partial charge in [0.1, 0.15) is 6.29 Å². The van der Waals surface area contributed by atoms with Crippen LogP contribution in [0.1, 0.15) is 50.2 Å². The average molecular weight is 489 g/mol. The molecule has 176 valence electrons. The molecular formula is C29H32N2OS2. The first-order chi connectivity index (χ1) is 16.7. The van der Waals surface area contributed by atoms with Gasteiger partial charge in [0, 0.05) is 5.75 Å². The smallest absolute Gasteiger partial charge is 0.151 e. The average Bonchev–Trinajstić information content (AvgIpc) is 3.43. The van der Waals surface area contributed by atoms with Crippen LogP contribution in [0.3, 0.4) is 0 Å². The Morgan fingerprint density at radius 2 is 1.53 bits per heavy atom. The van der Waals surface area contributed by atoms with Gasteiger partial charge in [0.15, 0.2) is 4.34 Å². The second-order valence-corrected chi connectivity index (χ2v) is 10.9. The SMILES string of the molecule is CCCN.O=CC1(CCCCCSc2nc3ccccc3s2)c2ccccc2-c2ccccc21. The van der Waals surface area contributed by atoms with E-state index in [9.17, 15) is 4.79 Å². The van der Waals surface area contributed by atoms with Gasteiger partial charge >= 0.3 is 0 Å². The van der Waals surface area contributed by atoms with Gasteiger partial charge in [-0.3, -0.25) is 0 Å². The highest BCUT2D eigenvalue weighted by Gasteiger charge is 2.42. The van der Waals surface area contributed by atoms with Crippen LogP contribution >= 0.6 is 23.1 Å². The van der Waals surface area contributed by atoms with Crippen molar-refractivity contribution < 1.29 is 4.79 Å². The van der Waals surface area contributed by atoms with Crippen molar-refractivity contribution in [2.45, 2.75) is 48.8 Å². The first kappa shape index (κ1) is 24.6. The van der Waals surface area contributed by atoms with Crippen LogP contribution in [0.2, 0.25) is 0 Å². The zero-order chi connectivity index (χ0) is 23.8. The molecule has 0 atom stereocenters. The van der Waals surface area contributed by atoms with Crippen LogP contribution in [0.25, 0.3) is 21.3 Å². The molecule has 1 aliphatic carbocycles. The molecule has 0 radical (unpaired) electrons. The highest BCUT2D eigenvalue weighted by atomic mass is 32.2. The van der Waals surface area contributed by atoms with E-state index in [1.807, 2.05) is 17.8 Å². The third-order valence-corrected chi connectivity index (χ3v) is 8.58. The molecule has 0 bridgehead atoms. The van der Waals surface area contributed by atoms with Gasteiger partial charge in [0.25, 0.3) is 0 Å². The van der Waals surface area contributed by atoms with Gasteiger partial charge in [-0.25, -0.2) is 4.98 Å². The number of thiazole rings is 1. The lowest BCUT2D eigenvalue weighted by atomic mass is 9.75. The number of para-hydroxylation sites is 1. The Morgan fingerprint density at radius 1 is 0.912 bits per heavy atom. The number of aromatic nitrogens is 1. The summed E-state index contributed by atoms with van der Waals surface area (Å²) in [5.74, 6) is 1.07. The summed E-state index contributed by atoms with van der Waals surface area (Å²) in [4.78, 5) is 17.1. The van der Waals surface area contributed by atoms with Crippen molar-refractivity contribution in [3.63, 3.8) is 0 Å². The number of thioether (sulfide) groups is 1. The van der Waals surface area contributed by atoms with Crippen LogP contribution in [0.5, 0.6) is 0 Å². The molecule has 3 nitrogen and oxygen atoms in total. The van der Waals surface area contributed by atoms with E-state index < -0.39 is 5.41 Å². The minimum absolute atomic E-state index is 0.493. The molecule has 0 fully saturated rings. The second kappa shape index (κ2) is 11.8. The van der Waals surface area contributed by atoms with E-state index in [0.717, 1.165) is 54.3 Å². The lowest BCUT2D eigenvalue weighted by Crippen LogP contribution is -2.27. The third kappa shape index (κ3) is 5.12. The number of carbonyl (C=O) groups excluding carboxylic acids is 1. The molecule has 5 rings (SSSR count). The number of nitrogens with two attached hydrogens (primary N) is 1. The molecule has 34 heavy (non-hydrogen) atoms. The van der Waals surface area contributed by atoms with Gasteiger partial charge in [-0.1, -0.05) is 92.2 Å². The molecule has 2 N–H and O–H groups in total. The van der Waals surface area contributed by atoms with E-state index in [0.29, 0.717) is 0 Å². The van der Waals surface area contributed by atoms with E-state index in [1.54, 1.807) is 11.3 Å². The molecule has 3 aromatic carbocycles. The topological polar surface area (TPSA) is 56.0 Å². The fourth-order valence-corrected chi connectivity index (χ4v) is 6.71. The zero-order valence-corrected chi connectivity index (χ0v) is 21.3. The molecule has 4 aromatic rings. The van der Waals surface area contributed by atoms with Crippen molar-refractivity contribution in [2.75, 3.05) is 12.3 Å². The molecule has 0 saturated carbocycles. The van der Waals surface area contributed by atoms with Gasteiger partial charge < -0.3 is 10.5 Å². The van der Waals surface area contributed by atoms with Gasteiger partial charge in [-0.2, -0.15) is 0 Å². The third-order valence-electron chi connectivity index (χ3n) is 6.31. The maximum absolute atomic E-state index is 12.4. The summed E-state index contributed by atoms with van der Waals surface area (Å²) in [6.07, 6.45) is 6.46. The molecule has 0 unspecified atom stereocenters. The van der Waals surface area contributed by atoms with Crippen LogP contribution in [-0.2, 0) is 10.2 Å². The van der Waals surface area contributed by atoms with Crippen LogP contribution in [0.15, 0.2) is 77.1 Å². The molecule has 0 amide bonds. The van der Waals surface area contributed by atoms with E-state index in [2.05, 4.69) is 73.7 Å². The summed E-state index contributed by atoms with van der Waals surface area (Å²) < 4.78 is 2.41.